The number of aryl methyl sites for hydroxylation is 1. The summed E-state index contributed by atoms with van der Waals surface area (Å²) in [6.07, 6.45) is 12.2. The lowest BCUT2D eigenvalue weighted by atomic mass is 9.94. The Labute approximate surface area is 214 Å². The van der Waals surface area contributed by atoms with Gasteiger partial charge in [0, 0.05) is 18.8 Å². The average Bonchev–Trinajstić information content (AvgIpc) is 3.65. The van der Waals surface area contributed by atoms with Crippen LogP contribution in [-0.2, 0) is 22.0 Å². The number of carbonyl (C=O) groups excluding carboxylic acids is 1. The van der Waals surface area contributed by atoms with Crippen LogP contribution in [0.25, 0.3) is 22.4 Å². The van der Waals surface area contributed by atoms with Gasteiger partial charge in [-0.05, 0) is 49.3 Å². The van der Waals surface area contributed by atoms with Crippen molar-refractivity contribution in [2.24, 2.45) is 7.05 Å². The summed E-state index contributed by atoms with van der Waals surface area (Å²) < 4.78 is 12.6. The van der Waals surface area contributed by atoms with Crippen molar-refractivity contribution in [1.82, 2.24) is 24.7 Å². The molecule has 0 atom stereocenters. The van der Waals surface area contributed by atoms with Gasteiger partial charge in [0.15, 0.2) is 5.82 Å². The number of aromatic nitrogens is 5. The smallest absolute Gasteiger partial charge is 0.316 e. The average molecular weight is 497 g/mol. The Hall–Kier alpha value is -4.27. The molecule has 9 nitrogen and oxygen atoms in total. The predicted octanol–water partition coefficient (Wildman–Crippen LogP) is 4.82. The number of hydrogen-bond acceptors (Lipinski definition) is 8. The molecule has 3 aromatic heterocycles. The van der Waals surface area contributed by atoms with Gasteiger partial charge in [-0.1, -0.05) is 30.3 Å². The molecule has 6 rings (SSSR count). The van der Waals surface area contributed by atoms with Crippen molar-refractivity contribution in [1.29, 1.82) is 0 Å². The monoisotopic (exact) mass is 496 g/mol. The van der Waals surface area contributed by atoms with Crippen molar-refractivity contribution < 1.29 is 14.3 Å². The highest BCUT2D eigenvalue weighted by Gasteiger charge is 2.52. The van der Waals surface area contributed by atoms with Gasteiger partial charge in [-0.3, -0.25) is 19.4 Å². The predicted molar refractivity (Wildman–Crippen MR) is 138 cm³/mol. The first-order chi connectivity index (χ1) is 18.1. The van der Waals surface area contributed by atoms with E-state index in [-0.39, 0.29) is 12.1 Å². The lowest BCUT2D eigenvalue weighted by Crippen LogP contribution is -2.25. The number of anilines is 2. The Morgan fingerprint density at radius 1 is 1.03 bits per heavy atom. The third-order valence-electron chi connectivity index (χ3n) is 7.27. The lowest BCUT2D eigenvalue weighted by Gasteiger charge is -2.25. The van der Waals surface area contributed by atoms with Gasteiger partial charge >= 0.3 is 5.97 Å². The summed E-state index contributed by atoms with van der Waals surface area (Å²) in [6, 6.07) is 12.1. The third-order valence-corrected chi connectivity index (χ3v) is 7.27. The number of pyridine rings is 1. The Bertz CT molecular complexity index is 1420. The van der Waals surface area contributed by atoms with Crippen molar-refractivity contribution in [2.45, 2.75) is 43.6 Å². The minimum atomic E-state index is -0.466. The molecular weight excluding hydrogens is 468 g/mol. The Balaban J connectivity index is 1.20. The van der Waals surface area contributed by atoms with Gasteiger partial charge in [-0.2, -0.15) is 10.1 Å². The highest BCUT2D eigenvalue weighted by molar-refractivity contribution is 5.86. The molecule has 2 fully saturated rings. The quantitative estimate of drug-likeness (QED) is 0.346. The number of rotatable bonds is 8. The van der Waals surface area contributed by atoms with Gasteiger partial charge in [0.2, 0.25) is 5.88 Å². The van der Waals surface area contributed by atoms with Crippen molar-refractivity contribution >= 4 is 17.6 Å². The normalized spacial score (nSPS) is 16.1. The molecule has 1 aromatic carbocycles. The van der Waals surface area contributed by atoms with Crippen LogP contribution < -0.4 is 10.1 Å². The van der Waals surface area contributed by atoms with Crippen molar-refractivity contribution in [3.8, 4) is 28.3 Å². The molecule has 2 saturated carbocycles. The van der Waals surface area contributed by atoms with E-state index in [9.17, 15) is 4.79 Å². The fourth-order valence-corrected chi connectivity index (χ4v) is 4.66. The molecule has 0 aliphatic heterocycles. The van der Waals surface area contributed by atoms with Gasteiger partial charge in [0.25, 0.3) is 0 Å². The number of esters is 1. The molecule has 0 spiro atoms. The SMILES string of the molecule is COC(=O)C1(c2ccc(-c3ccc(-c4cnn(C)c4Nc4cncc(OC5CCC5)n4)nc3)cc2)CC1. The molecule has 2 aliphatic rings. The Morgan fingerprint density at radius 2 is 1.81 bits per heavy atom. The van der Waals surface area contributed by atoms with E-state index in [1.807, 2.05) is 49.6 Å². The largest absolute Gasteiger partial charge is 0.473 e. The van der Waals surface area contributed by atoms with Crippen LogP contribution in [0, 0.1) is 0 Å². The van der Waals surface area contributed by atoms with E-state index in [1.165, 1.54) is 13.5 Å². The molecular formula is C28H28N6O3. The molecule has 4 aromatic rings. The second-order valence-corrected chi connectivity index (χ2v) is 9.65. The van der Waals surface area contributed by atoms with E-state index in [0.717, 1.165) is 59.4 Å². The minimum Gasteiger partial charge on any atom is -0.473 e. The van der Waals surface area contributed by atoms with Crippen LogP contribution in [0.4, 0.5) is 11.6 Å². The number of ether oxygens (including phenoxy) is 2. The molecule has 37 heavy (non-hydrogen) atoms. The van der Waals surface area contributed by atoms with Gasteiger partial charge in [-0.25, -0.2) is 0 Å². The zero-order valence-electron chi connectivity index (χ0n) is 20.8. The van der Waals surface area contributed by atoms with E-state index in [4.69, 9.17) is 14.5 Å². The van der Waals surface area contributed by atoms with Gasteiger partial charge in [-0.15, -0.1) is 0 Å². The first-order valence-electron chi connectivity index (χ1n) is 12.5. The summed E-state index contributed by atoms with van der Waals surface area (Å²) in [5, 5.41) is 7.74. The molecule has 0 saturated heterocycles. The molecule has 1 N–H and O–H groups in total. The summed E-state index contributed by atoms with van der Waals surface area (Å²) in [4.78, 5) is 25.7. The number of carbonyl (C=O) groups is 1. The van der Waals surface area contributed by atoms with Crippen LogP contribution >= 0.6 is 0 Å². The van der Waals surface area contributed by atoms with Crippen LogP contribution in [0.1, 0.15) is 37.7 Å². The maximum absolute atomic E-state index is 12.2. The van der Waals surface area contributed by atoms with E-state index in [2.05, 4.69) is 20.4 Å². The molecule has 0 unspecified atom stereocenters. The van der Waals surface area contributed by atoms with Crippen LogP contribution in [0.2, 0.25) is 0 Å². The molecule has 188 valence electrons. The van der Waals surface area contributed by atoms with Crippen LogP contribution in [-0.4, -0.2) is 43.9 Å². The van der Waals surface area contributed by atoms with E-state index in [1.54, 1.807) is 23.3 Å². The lowest BCUT2D eigenvalue weighted by molar-refractivity contribution is -0.143. The second-order valence-electron chi connectivity index (χ2n) is 9.65. The Morgan fingerprint density at radius 3 is 2.46 bits per heavy atom. The summed E-state index contributed by atoms with van der Waals surface area (Å²) in [5.41, 5.74) is 4.20. The number of hydrogen-bond donors (Lipinski definition) is 1. The summed E-state index contributed by atoms with van der Waals surface area (Å²) in [6.45, 7) is 0. The van der Waals surface area contributed by atoms with E-state index >= 15 is 0 Å². The number of nitrogens with one attached hydrogen (secondary N) is 1. The second kappa shape index (κ2) is 9.31. The molecule has 0 bridgehead atoms. The Kier molecular flexibility index (Phi) is 5.82. The number of benzene rings is 1. The van der Waals surface area contributed by atoms with Crippen molar-refractivity contribution in [2.75, 3.05) is 12.4 Å². The van der Waals surface area contributed by atoms with E-state index in [0.29, 0.717) is 11.7 Å². The van der Waals surface area contributed by atoms with Gasteiger partial charge in [0.05, 0.1) is 42.4 Å². The molecule has 2 aliphatic carbocycles. The highest BCUT2D eigenvalue weighted by Crippen LogP contribution is 2.49. The van der Waals surface area contributed by atoms with Crippen LogP contribution in [0.15, 0.2) is 61.2 Å². The fourth-order valence-electron chi connectivity index (χ4n) is 4.66. The van der Waals surface area contributed by atoms with Crippen LogP contribution in [0.5, 0.6) is 5.88 Å². The van der Waals surface area contributed by atoms with Gasteiger partial charge < -0.3 is 14.8 Å². The molecule has 0 radical (unpaired) electrons. The zero-order chi connectivity index (χ0) is 25.4. The fraction of sp³-hybridized carbons (Fsp3) is 0.321. The molecule has 3 heterocycles. The summed E-state index contributed by atoms with van der Waals surface area (Å²) in [7, 11) is 3.31. The minimum absolute atomic E-state index is 0.157. The molecule has 0 amide bonds. The standard InChI is InChI=1S/C28H28N6O3/c1-34-26(33-24-16-29-17-25(32-24)37-21-4-3-5-21)22(15-31-34)23-11-8-19(14-30-23)18-6-9-20(10-7-18)28(12-13-28)27(35)36-2/h6-11,14-17,21H,3-5,12-13H2,1-2H3,(H,32,33). The number of methoxy groups -OCH3 is 1. The highest BCUT2D eigenvalue weighted by atomic mass is 16.5. The van der Waals surface area contributed by atoms with Crippen molar-refractivity contribution in [3.63, 3.8) is 0 Å². The first kappa shape index (κ1) is 23.1. The van der Waals surface area contributed by atoms with Gasteiger partial charge in [0.1, 0.15) is 11.9 Å². The maximum Gasteiger partial charge on any atom is 0.316 e. The third kappa shape index (κ3) is 4.41. The number of nitrogens with zero attached hydrogens (tertiary/aromatic N) is 5. The summed E-state index contributed by atoms with van der Waals surface area (Å²) in [5.74, 6) is 1.71. The molecule has 9 heteroatoms. The zero-order valence-corrected chi connectivity index (χ0v) is 20.8. The van der Waals surface area contributed by atoms with Crippen molar-refractivity contribution in [3.05, 3.63) is 66.7 Å². The maximum atomic E-state index is 12.2. The first-order valence-corrected chi connectivity index (χ1v) is 12.5. The van der Waals surface area contributed by atoms with E-state index < -0.39 is 5.41 Å². The topological polar surface area (TPSA) is 104 Å². The summed E-state index contributed by atoms with van der Waals surface area (Å²) >= 11 is 0. The van der Waals surface area contributed by atoms with Crippen LogP contribution in [0.3, 0.4) is 0 Å².